The summed E-state index contributed by atoms with van der Waals surface area (Å²) in [7, 11) is 0. The van der Waals surface area contributed by atoms with Crippen molar-refractivity contribution < 1.29 is 31.5 Å². The van der Waals surface area contributed by atoms with E-state index in [0.29, 0.717) is 21.5 Å². The van der Waals surface area contributed by atoms with Gasteiger partial charge in [-0.1, -0.05) is 11.3 Å². The molecule has 0 unspecified atom stereocenters. The highest BCUT2D eigenvalue weighted by Crippen LogP contribution is 2.32. The van der Waals surface area contributed by atoms with Crippen LogP contribution >= 0.6 is 11.3 Å². The Kier molecular flexibility index (Phi) is 5.85. The Morgan fingerprint density at radius 2 is 1.91 bits per heavy atom. The van der Waals surface area contributed by atoms with Crippen molar-refractivity contribution in [1.82, 2.24) is 4.98 Å². The van der Waals surface area contributed by atoms with E-state index in [1.807, 2.05) is 0 Å². The SMILES string of the molecule is N#CC(=Cc1ccc(-c2ccc(F)cc2)o1)C(=O)Nc1nc2ccc(OC(F)(F)F)cc2s1. The van der Waals surface area contributed by atoms with Crippen LogP contribution in [0.2, 0.25) is 0 Å². The maximum absolute atomic E-state index is 13.1. The zero-order chi connectivity index (χ0) is 23.6. The average molecular weight is 473 g/mol. The van der Waals surface area contributed by atoms with E-state index >= 15 is 0 Å². The molecular formula is C22H11F4N3O3S. The molecular weight excluding hydrogens is 462 g/mol. The summed E-state index contributed by atoms with van der Waals surface area (Å²) >= 11 is 0.921. The second kappa shape index (κ2) is 8.76. The van der Waals surface area contributed by atoms with Crippen molar-refractivity contribution in [3.05, 3.63) is 71.7 Å². The minimum atomic E-state index is -4.83. The van der Waals surface area contributed by atoms with E-state index in [9.17, 15) is 27.6 Å². The quantitative estimate of drug-likeness (QED) is 0.214. The number of anilines is 1. The van der Waals surface area contributed by atoms with Crippen LogP contribution in [-0.2, 0) is 4.79 Å². The number of benzene rings is 2. The molecule has 0 atom stereocenters. The van der Waals surface area contributed by atoms with Crippen molar-refractivity contribution in [2.75, 3.05) is 5.32 Å². The lowest BCUT2D eigenvalue weighted by Gasteiger charge is -2.07. The van der Waals surface area contributed by atoms with Gasteiger partial charge in [0, 0.05) is 17.7 Å². The van der Waals surface area contributed by atoms with Gasteiger partial charge in [-0.3, -0.25) is 10.1 Å². The van der Waals surface area contributed by atoms with Crippen LogP contribution in [0.1, 0.15) is 5.76 Å². The topological polar surface area (TPSA) is 88.2 Å². The van der Waals surface area contributed by atoms with Gasteiger partial charge in [-0.2, -0.15) is 5.26 Å². The number of hydrogen-bond donors (Lipinski definition) is 1. The van der Waals surface area contributed by atoms with Gasteiger partial charge in [-0.25, -0.2) is 9.37 Å². The van der Waals surface area contributed by atoms with E-state index in [-0.39, 0.29) is 16.5 Å². The minimum absolute atomic E-state index is 0.0896. The van der Waals surface area contributed by atoms with Gasteiger partial charge in [0.2, 0.25) is 0 Å². The van der Waals surface area contributed by atoms with Crippen molar-refractivity contribution in [2.24, 2.45) is 0 Å². The molecule has 1 N–H and O–H groups in total. The third-order valence-electron chi connectivity index (χ3n) is 4.22. The molecule has 0 saturated carbocycles. The molecule has 6 nitrogen and oxygen atoms in total. The smallest absolute Gasteiger partial charge is 0.457 e. The number of halogens is 4. The average Bonchev–Trinajstić information content (AvgIpc) is 3.37. The number of carbonyl (C=O) groups excluding carboxylic acids is 1. The zero-order valence-electron chi connectivity index (χ0n) is 16.3. The van der Waals surface area contributed by atoms with Gasteiger partial charge in [-0.15, -0.1) is 13.2 Å². The Hall–Kier alpha value is -4.17. The number of ether oxygens (including phenoxy) is 1. The highest BCUT2D eigenvalue weighted by Gasteiger charge is 2.31. The third-order valence-corrected chi connectivity index (χ3v) is 5.15. The first kappa shape index (κ1) is 22.0. The summed E-state index contributed by atoms with van der Waals surface area (Å²) < 4.78 is 60.1. The summed E-state index contributed by atoms with van der Waals surface area (Å²) in [4.78, 5) is 16.6. The molecule has 0 saturated heterocycles. The van der Waals surface area contributed by atoms with E-state index in [1.165, 1.54) is 36.4 Å². The van der Waals surface area contributed by atoms with Gasteiger partial charge in [0.15, 0.2) is 5.13 Å². The van der Waals surface area contributed by atoms with Gasteiger partial charge in [0.25, 0.3) is 5.91 Å². The third kappa shape index (κ3) is 5.36. The number of nitrogens with zero attached hydrogens (tertiary/aromatic N) is 2. The van der Waals surface area contributed by atoms with E-state index in [4.69, 9.17) is 4.42 Å². The molecule has 2 heterocycles. The van der Waals surface area contributed by atoms with Crippen LogP contribution in [0.25, 0.3) is 27.6 Å². The van der Waals surface area contributed by atoms with Gasteiger partial charge in [0.05, 0.1) is 10.2 Å². The summed E-state index contributed by atoms with van der Waals surface area (Å²) in [5.74, 6) is -0.943. The van der Waals surface area contributed by atoms with Crippen molar-refractivity contribution in [2.45, 2.75) is 6.36 Å². The molecule has 1 amide bonds. The van der Waals surface area contributed by atoms with Crippen LogP contribution in [-0.4, -0.2) is 17.3 Å². The Balaban J connectivity index is 1.51. The number of fused-ring (bicyclic) bond motifs is 1. The van der Waals surface area contributed by atoms with Crippen molar-refractivity contribution in [1.29, 1.82) is 5.26 Å². The van der Waals surface area contributed by atoms with Crippen molar-refractivity contribution in [3.63, 3.8) is 0 Å². The number of hydrogen-bond acceptors (Lipinski definition) is 6. The second-order valence-corrected chi connectivity index (χ2v) is 7.56. The van der Waals surface area contributed by atoms with Gasteiger partial charge >= 0.3 is 6.36 Å². The van der Waals surface area contributed by atoms with Crippen molar-refractivity contribution in [3.8, 4) is 23.1 Å². The lowest BCUT2D eigenvalue weighted by atomic mass is 10.2. The summed E-state index contributed by atoms with van der Waals surface area (Å²) in [5, 5.41) is 11.9. The summed E-state index contributed by atoms with van der Waals surface area (Å²) in [6, 6.07) is 14.1. The first-order valence-electron chi connectivity index (χ1n) is 9.15. The maximum Gasteiger partial charge on any atom is 0.573 e. The second-order valence-electron chi connectivity index (χ2n) is 6.53. The molecule has 11 heteroatoms. The molecule has 4 aromatic rings. The maximum atomic E-state index is 13.1. The van der Waals surface area contributed by atoms with Crippen LogP contribution in [0.3, 0.4) is 0 Å². The first-order valence-corrected chi connectivity index (χ1v) is 9.97. The molecule has 33 heavy (non-hydrogen) atoms. The van der Waals surface area contributed by atoms with Crippen LogP contribution in [0, 0.1) is 17.1 Å². The number of nitrogens with one attached hydrogen (secondary N) is 1. The first-order chi connectivity index (χ1) is 15.7. The van der Waals surface area contributed by atoms with Crippen LogP contribution in [0.15, 0.2) is 64.6 Å². The lowest BCUT2D eigenvalue weighted by molar-refractivity contribution is -0.274. The Bertz CT molecular complexity index is 1400. The molecule has 2 aromatic carbocycles. The van der Waals surface area contributed by atoms with Crippen LogP contribution in [0.4, 0.5) is 22.7 Å². The fraction of sp³-hybridized carbons (Fsp3) is 0.0455. The number of thiazole rings is 1. The number of aromatic nitrogens is 1. The number of nitriles is 1. The Morgan fingerprint density at radius 3 is 2.61 bits per heavy atom. The lowest BCUT2D eigenvalue weighted by Crippen LogP contribution is -2.16. The van der Waals surface area contributed by atoms with Crippen LogP contribution in [0.5, 0.6) is 5.75 Å². The van der Waals surface area contributed by atoms with Gasteiger partial charge in [-0.05, 0) is 48.5 Å². The summed E-state index contributed by atoms with van der Waals surface area (Å²) in [5.41, 5.74) is 0.681. The molecule has 0 radical (unpaired) electrons. The standard InChI is InChI=1S/C22H11F4N3O3S/c23-14-3-1-12(2-4-14)18-8-6-15(31-18)9-13(11-27)20(30)29-21-28-17-7-5-16(10-19(17)33-21)32-22(24,25)26/h1-10H,(H,28,29,30). The largest absolute Gasteiger partial charge is 0.573 e. The van der Waals surface area contributed by atoms with E-state index in [2.05, 4.69) is 15.0 Å². The predicted octanol–water partition coefficient (Wildman–Crippen LogP) is 6.14. The van der Waals surface area contributed by atoms with E-state index in [0.717, 1.165) is 23.5 Å². The van der Waals surface area contributed by atoms with Gasteiger partial charge in [0.1, 0.15) is 34.7 Å². The highest BCUT2D eigenvalue weighted by atomic mass is 32.1. The Labute approximate surface area is 187 Å². The van der Waals surface area contributed by atoms with Crippen LogP contribution < -0.4 is 10.1 Å². The Morgan fingerprint density at radius 1 is 1.15 bits per heavy atom. The predicted molar refractivity (Wildman–Crippen MR) is 113 cm³/mol. The molecule has 2 aromatic heterocycles. The fourth-order valence-electron chi connectivity index (χ4n) is 2.81. The number of alkyl halides is 3. The highest BCUT2D eigenvalue weighted by molar-refractivity contribution is 7.22. The van der Waals surface area contributed by atoms with E-state index in [1.54, 1.807) is 18.2 Å². The molecule has 4 rings (SSSR count). The molecule has 0 bridgehead atoms. The molecule has 0 aliphatic rings. The minimum Gasteiger partial charge on any atom is -0.457 e. The zero-order valence-corrected chi connectivity index (χ0v) is 17.1. The molecule has 166 valence electrons. The number of carbonyl (C=O) groups is 1. The fourth-order valence-corrected chi connectivity index (χ4v) is 3.70. The number of furan rings is 1. The monoisotopic (exact) mass is 473 g/mol. The summed E-state index contributed by atoms with van der Waals surface area (Å²) in [6.45, 7) is 0. The van der Waals surface area contributed by atoms with Crippen molar-refractivity contribution >= 4 is 38.7 Å². The normalized spacial score (nSPS) is 11.9. The van der Waals surface area contributed by atoms with E-state index < -0.39 is 23.8 Å². The molecule has 0 fully saturated rings. The molecule has 0 aliphatic carbocycles. The summed E-state index contributed by atoms with van der Waals surface area (Å²) in [6.07, 6.45) is -3.60. The van der Waals surface area contributed by atoms with Gasteiger partial charge < -0.3 is 9.15 Å². The molecule has 0 spiro atoms. The number of rotatable bonds is 5. The number of amides is 1. The molecule has 0 aliphatic heterocycles.